The largest absolute Gasteiger partial charge is 0.437 e. The van der Waals surface area contributed by atoms with Gasteiger partial charge in [0.05, 0.1) is 4.90 Å². The van der Waals surface area contributed by atoms with Crippen molar-refractivity contribution >= 4 is 27.3 Å². The minimum absolute atomic E-state index is 0.655. The summed E-state index contributed by atoms with van der Waals surface area (Å²) in [5.41, 5.74) is -2.88. The second kappa shape index (κ2) is 5.04. The summed E-state index contributed by atoms with van der Waals surface area (Å²) in [6.07, 6.45) is -5.67. The van der Waals surface area contributed by atoms with Gasteiger partial charge in [0.25, 0.3) is 10.0 Å². The molecule has 19 heavy (non-hydrogen) atoms. The van der Waals surface area contributed by atoms with E-state index in [1.54, 1.807) is 0 Å². The minimum Gasteiger partial charge on any atom is -0.199 e. The third kappa shape index (κ3) is 4.13. The summed E-state index contributed by atoms with van der Waals surface area (Å²) in [6.45, 7) is 0. The first-order valence-corrected chi connectivity index (χ1v) is 6.31. The zero-order valence-corrected chi connectivity index (χ0v) is 10.4. The van der Waals surface area contributed by atoms with Crippen LogP contribution in [0.25, 0.3) is 0 Å². The first-order chi connectivity index (χ1) is 8.44. The lowest BCUT2D eigenvalue weighted by Crippen LogP contribution is -2.37. The molecule has 1 aromatic carbocycles. The number of nitrogens with zero attached hydrogens (tertiary/aromatic N) is 1. The van der Waals surface area contributed by atoms with Crippen LogP contribution in [0.4, 0.5) is 22.0 Å². The Balaban J connectivity index is 3.40. The summed E-state index contributed by atoms with van der Waals surface area (Å²) in [5.74, 6) is 0. The smallest absolute Gasteiger partial charge is 0.199 e. The fourth-order valence-corrected chi connectivity index (χ4v) is 2.29. The van der Waals surface area contributed by atoms with E-state index < -0.39 is 32.2 Å². The van der Waals surface area contributed by atoms with Crippen LogP contribution in [0.3, 0.4) is 0 Å². The van der Waals surface area contributed by atoms with Gasteiger partial charge in [-0.15, -0.1) is 0 Å². The van der Waals surface area contributed by atoms with E-state index in [0.717, 1.165) is 12.1 Å². The molecule has 0 heterocycles. The lowest BCUT2D eigenvalue weighted by atomic mass is 10.4. The van der Waals surface area contributed by atoms with E-state index >= 15 is 0 Å². The number of hydrogen-bond donors (Lipinski definition) is 0. The highest BCUT2D eigenvalue weighted by Crippen LogP contribution is 2.33. The number of halogens is 6. The van der Waals surface area contributed by atoms with Gasteiger partial charge in [-0.2, -0.15) is 34.8 Å². The van der Waals surface area contributed by atoms with Crippen molar-refractivity contribution in [3.05, 3.63) is 30.3 Å². The molecule has 0 fully saturated rings. The van der Waals surface area contributed by atoms with Crippen LogP contribution in [-0.2, 0) is 10.0 Å². The van der Waals surface area contributed by atoms with Crippen LogP contribution in [-0.4, -0.2) is 25.7 Å². The Hall–Kier alpha value is -1.22. The van der Waals surface area contributed by atoms with Crippen molar-refractivity contribution in [1.82, 2.24) is 0 Å². The molecular formula is C9H5ClF5NO2S. The molecule has 0 aromatic heterocycles. The van der Waals surface area contributed by atoms with Crippen LogP contribution in [0.5, 0.6) is 0 Å². The zero-order chi connectivity index (χ0) is 14.9. The first kappa shape index (κ1) is 15.8. The molecule has 0 bridgehead atoms. The molecule has 10 heteroatoms. The van der Waals surface area contributed by atoms with Gasteiger partial charge in [0.2, 0.25) is 5.71 Å². The van der Waals surface area contributed by atoms with Gasteiger partial charge in [-0.05, 0) is 23.7 Å². The van der Waals surface area contributed by atoms with Crippen LogP contribution in [0.15, 0.2) is 39.6 Å². The third-order valence-corrected chi connectivity index (χ3v) is 3.26. The second-order valence-electron chi connectivity index (χ2n) is 3.22. The highest BCUT2D eigenvalue weighted by atomic mass is 35.5. The summed E-state index contributed by atoms with van der Waals surface area (Å²) < 4.78 is 87.1. The lowest BCUT2D eigenvalue weighted by Gasteiger charge is -2.14. The maximum atomic E-state index is 12.6. The van der Waals surface area contributed by atoms with Crippen molar-refractivity contribution in [2.45, 2.75) is 16.5 Å². The van der Waals surface area contributed by atoms with Crippen molar-refractivity contribution in [3.63, 3.8) is 0 Å². The molecule has 0 atom stereocenters. The first-order valence-electron chi connectivity index (χ1n) is 4.49. The van der Waals surface area contributed by atoms with E-state index in [1.807, 2.05) is 0 Å². The number of hydrogen-bond acceptors (Lipinski definition) is 2. The van der Waals surface area contributed by atoms with Gasteiger partial charge in [-0.25, -0.2) is 0 Å². The molecule has 106 valence electrons. The maximum absolute atomic E-state index is 12.6. The Morgan fingerprint density at radius 2 is 1.53 bits per heavy atom. The zero-order valence-electron chi connectivity index (χ0n) is 8.83. The van der Waals surface area contributed by atoms with Crippen molar-refractivity contribution in [2.24, 2.45) is 4.40 Å². The van der Waals surface area contributed by atoms with Crippen LogP contribution in [0.1, 0.15) is 0 Å². The summed E-state index contributed by atoms with van der Waals surface area (Å²) >= 11 is 4.23. The Morgan fingerprint density at radius 3 is 1.89 bits per heavy atom. The summed E-state index contributed by atoms with van der Waals surface area (Å²) in [4.78, 5) is -0.655. The van der Waals surface area contributed by atoms with E-state index in [9.17, 15) is 30.4 Å². The second-order valence-corrected chi connectivity index (χ2v) is 5.30. The monoisotopic (exact) mass is 321 g/mol. The molecule has 0 saturated carbocycles. The molecule has 3 nitrogen and oxygen atoms in total. The highest BCUT2D eigenvalue weighted by molar-refractivity contribution is 7.90. The molecule has 0 aliphatic rings. The quantitative estimate of drug-likeness (QED) is 0.487. The molecule has 0 saturated heterocycles. The maximum Gasteiger partial charge on any atom is 0.437 e. The number of benzene rings is 1. The predicted octanol–water partition coefficient (Wildman–Crippen LogP) is 3.21. The van der Waals surface area contributed by atoms with E-state index in [0.29, 0.717) is 0 Å². The van der Waals surface area contributed by atoms with Gasteiger partial charge in [-0.3, -0.25) is 0 Å². The molecule has 0 aliphatic carbocycles. The average Bonchev–Trinajstić information content (AvgIpc) is 2.24. The molecule has 0 N–H and O–H groups in total. The third-order valence-electron chi connectivity index (χ3n) is 1.79. The summed E-state index contributed by atoms with van der Waals surface area (Å²) in [5, 5.41) is -4.94. The van der Waals surface area contributed by atoms with Gasteiger partial charge in [0, 0.05) is 0 Å². The van der Waals surface area contributed by atoms with Crippen LogP contribution >= 0.6 is 11.6 Å². The van der Waals surface area contributed by atoms with Crippen molar-refractivity contribution in [3.8, 4) is 0 Å². The summed E-state index contributed by atoms with van der Waals surface area (Å²) in [6, 6.07) is 5.63. The minimum atomic E-state index is -5.67. The van der Waals surface area contributed by atoms with E-state index in [-0.39, 0.29) is 0 Å². The Bertz CT molecular complexity index is 561. The Labute approximate surface area is 109 Å². The highest BCUT2D eigenvalue weighted by Gasteiger charge is 2.52. The molecule has 1 aromatic rings. The normalized spacial score (nSPS) is 14.5. The van der Waals surface area contributed by atoms with Gasteiger partial charge in [0.1, 0.15) is 0 Å². The molecule has 0 spiro atoms. The van der Waals surface area contributed by atoms with Gasteiger partial charge >= 0.3 is 11.6 Å². The van der Waals surface area contributed by atoms with E-state index in [2.05, 4.69) is 16.0 Å². The number of rotatable bonds is 3. The summed E-state index contributed by atoms with van der Waals surface area (Å²) in [7, 11) is -4.92. The van der Waals surface area contributed by atoms with Gasteiger partial charge in [0.15, 0.2) is 0 Å². The number of alkyl halides is 6. The fourth-order valence-electron chi connectivity index (χ4n) is 1.03. The lowest BCUT2D eigenvalue weighted by molar-refractivity contribution is -0.0709. The Morgan fingerprint density at radius 1 is 1.05 bits per heavy atom. The fraction of sp³-hybridized carbons (Fsp3) is 0.222. The van der Waals surface area contributed by atoms with Crippen molar-refractivity contribution in [2.75, 3.05) is 0 Å². The van der Waals surface area contributed by atoms with Crippen LogP contribution in [0.2, 0.25) is 0 Å². The predicted molar refractivity (Wildman–Crippen MR) is 57.9 cm³/mol. The van der Waals surface area contributed by atoms with Gasteiger partial charge in [-0.1, -0.05) is 18.2 Å². The van der Waals surface area contributed by atoms with Crippen molar-refractivity contribution < 1.29 is 30.4 Å². The van der Waals surface area contributed by atoms with Gasteiger partial charge < -0.3 is 0 Å². The average molecular weight is 322 g/mol. The Kier molecular flexibility index (Phi) is 4.20. The van der Waals surface area contributed by atoms with Crippen molar-refractivity contribution in [1.29, 1.82) is 0 Å². The van der Waals surface area contributed by atoms with Crippen LogP contribution < -0.4 is 0 Å². The molecule has 0 aliphatic heterocycles. The molecule has 0 unspecified atom stereocenters. The standard InChI is InChI=1S/C9H5ClF5NO2S/c10-8(11,12)7(9(13,14)15)16-19(17,18)6-4-2-1-3-5-6/h1-5H. The number of sulfonamides is 1. The van der Waals surface area contributed by atoms with E-state index in [4.69, 9.17) is 0 Å². The van der Waals surface area contributed by atoms with E-state index in [1.165, 1.54) is 18.2 Å². The SMILES string of the molecule is O=S(=O)(N=C(C(F)(F)F)C(F)(F)Cl)c1ccccc1. The molecule has 0 amide bonds. The topological polar surface area (TPSA) is 46.5 Å². The van der Waals surface area contributed by atoms with Crippen LogP contribution in [0, 0.1) is 0 Å². The molecular weight excluding hydrogens is 317 g/mol. The molecule has 0 radical (unpaired) electrons. The molecule has 1 rings (SSSR count).